The van der Waals surface area contributed by atoms with Gasteiger partial charge in [-0.15, -0.1) is 6.42 Å². The molecule has 0 unspecified atom stereocenters. The largest absolute Gasteiger partial charge is 0.443 e. The molecule has 0 aliphatic heterocycles. The molecule has 1 aromatic carbocycles. The number of nitrogen functional groups attached to an aromatic ring is 1. The number of anilines is 2. The van der Waals surface area contributed by atoms with Crippen LogP contribution in [-0.2, 0) is 9.30 Å². The van der Waals surface area contributed by atoms with Crippen LogP contribution >= 0.6 is 7.14 Å². The SMILES string of the molecule is C#CCN(C(=O)OC(C)(C)C)c1ccc(P(C)(C)=O)cc1N. The Morgan fingerprint density at radius 1 is 1.41 bits per heavy atom. The predicted molar refractivity (Wildman–Crippen MR) is 92.4 cm³/mol. The predicted octanol–water partition coefficient (Wildman–Crippen LogP) is 2.89. The van der Waals surface area contributed by atoms with Gasteiger partial charge in [0.25, 0.3) is 0 Å². The molecule has 22 heavy (non-hydrogen) atoms. The van der Waals surface area contributed by atoms with E-state index in [4.69, 9.17) is 16.9 Å². The minimum atomic E-state index is -2.42. The van der Waals surface area contributed by atoms with Crippen LogP contribution < -0.4 is 15.9 Å². The summed E-state index contributed by atoms with van der Waals surface area (Å²) in [5.41, 5.74) is 6.16. The first-order valence-electron chi connectivity index (χ1n) is 6.85. The maximum absolute atomic E-state index is 12.3. The third-order valence-electron chi connectivity index (χ3n) is 2.79. The number of nitrogens with two attached hydrogens (primary N) is 1. The topological polar surface area (TPSA) is 72.6 Å². The molecule has 0 bridgehead atoms. The zero-order valence-corrected chi connectivity index (χ0v) is 14.6. The van der Waals surface area contributed by atoms with E-state index in [1.165, 1.54) is 4.90 Å². The van der Waals surface area contributed by atoms with E-state index < -0.39 is 18.8 Å². The maximum Gasteiger partial charge on any atom is 0.415 e. The third-order valence-corrected chi connectivity index (χ3v) is 4.31. The summed E-state index contributed by atoms with van der Waals surface area (Å²) >= 11 is 0. The highest BCUT2D eigenvalue weighted by Gasteiger charge is 2.25. The van der Waals surface area contributed by atoms with Crippen molar-refractivity contribution in [3.05, 3.63) is 18.2 Å². The van der Waals surface area contributed by atoms with Crippen molar-refractivity contribution in [2.75, 3.05) is 30.5 Å². The molecule has 5 nitrogen and oxygen atoms in total. The van der Waals surface area contributed by atoms with Crippen molar-refractivity contribution in [3.63, 3.8) is 0 Å². The van der Waals surface area contributed by atoms with Crippen molar-refractivity contribution in [3.8, 4) is 12.3 Å². The van der Waals surface area contributed by atoms with Crippen LogP contribution in [0.1, 0.15) is 20.8 Å². The summed E-state index contributed by atoms with van der Waals surface area (Å²) < 4.78 is 17.4. The standard InChI is InChI=1S/C16H23N2O3P/c1-7-10-18(15(19)21-16(2,3)4)14-9-8-12(11-13(14)17)22(5,6)20/h1,8-9,11H,10,17H2,2-6H3. The first kappa shape index (κ1) is 18.1. The fourth-order valence-corrected chi connectivity index (χ4v) is 2.66. The summed E-state index contributed by atoms with van der Waals surface area (Å²) in [6.07, 6.45) is 4.76. The van der Waals surface area contributed by atoms with Gasteiger partial charge in [0.2, 0.25) is 0 Å². The van der Waals surface area contributed by atoms with Gasteiger partial charge in [0.05, 0.1) is 17.9 Å². The van der Waals surface area contributed by atoms with E-state index in [2.05, 4.69) is 5.92 Å². The van der Waals surface area contributed by atoms with Gasteiger partial charge in [-0.05, 0) is 52.3 Å². The van der Waals surface area contributed by atoms with E-state index in [9.17, 15) is 9.36 Å². The number of ether oxygens (including phenoxy) is 1. The van der Waals surface area contributed by atoms with Gasteiger partial charge in [-0.1, -0.05) is 5.92 Å². The van der Waals surface area contributed by atoms with Crippen molar-refractivity contribution in [1.82, 2.24) is 0 Å². The summed E-state index contributed by atoms with van der Waals surface area (Å²) in [6.45, 7) is 8.68. The second-order valence-electron chi connectivity index (χ2n) is 6.36. The van der Waals surface area contributed by atoms with Crippen LogP contribution in [-0.4, -0.2) is 31.6 Å². The van der Waals surface area contributed by atoms with Crippen LogP contribution in [0.2, 0.25) is 0 Å². The molecule has 0 atom stereocenters. The molecular weight excluding hydrogens is 299 g/mol. The van der Waals surface area contributed by atoms with Crippen molar-refractivity contribution >= 4 is 29.9 Å². The number of hydrogen-bond acceptors (Lipinski definition) is 4. The van der Waals surface area contributed by atoms with E-state index in [0.29, 0.717) is 16.7 Å². The number of hydrogen-bond donors (Lipinski definition) is 1. The summed E-state index contributed by atoms with van der Waals surface area (Å²) in [6, 6.07) is 4.95. The second-order valence-corrected chi connectivity index (χ2v) is 9.58. The zero-order valence-electron chi connectivity index (χ0n) is 13.7. The molecular formula is C16H23N2O3P. The highest BCUT2D eigenvalue weighted by Crippen LogP contribution is 2.37. The Kier molecular flexibility index (Phi) is 5.32. The van der Waals surface area contributed by atoms with Gasteiger partial charge in [0, 0.05) is 5.30 Å². The molecule has 0 heterocycles. The lowest BCUT2D eigenvalue weighted by Crippen LogP contribution is -2.37. The normalized spacial score (nSPS) is 11.6. The minimum absolute atomic E-state index is 0.0361. The Labute approximate surface area is 132 Å². The highest BCUT2D eigenvalue weighted by molar-refractivity contribution is 7.70. The lowest BCUT2D eigenvalue weighted by atomic mass is 10.2. The van der Waals surface area contributed by atoms with E-state index in [1.54, 1.807) is 52.3 Å². The molecule has 0 aromatic heterocycles. The molecule has 0 radical (unpaired) electrons. The zero-order chi connectivity index (χ0) is 17.1. The molecule has 6 heteroatoms. The van der Waals surface area contributed by atoms with E-state index in [1.807, 2.05) is 0 Å². The smallest absolute Gasteiger partial charge is 0.415 e. The molecule has 1 rings (SSSR count). The van der Waals surface area contributed by atoms with Gasteiger partial charge in [0.15, 0.2) is 0 Å². The number of amides is 1. The lowest BCUT2D eigenvalue weighted by molar-refractivity contribution is 0.0585. The van der Waals surface area contributed by atoms with Gasteiger partial charge in [-0.25, -0.2) is 4.79 Å². The number of carbonyl (C=O) groups is 1. The lowest BCUT2D eigenvalue weighted by Gasteiger charge is -2.27. The maximum atomic E-state index is 12.3. The Bertz CT molecular complexity index is 650. The molecule has 2 N–H and O–H groups in total. The highest BCUT2D eigenvalue weighted by atomic mass is 31.2. The number of benzene rings is 1. The molecule has 1 amide bonds. The first-order valence-corrected chi connectivity index (χ1v) is 9.45. The monoisotopic (exact) mass is 322 g/mol. The molecule has 0 saturated carbocycles. The Hall–Kier alpha value is -1.92. The van der Waals surface area contributed by atoms with Crippen LogP contribution in [0.5, 0.6) is 0 Å². The number of nitrogens with zero attached hydrogens (tertiary/aromatic N) is 1. The van der Waals surface area contributed by atoms with Crippen molar-refractivity contribution in [2.45, 2.75) is 26.4 Å². The van der Waals surface area contributed by atoms with Crippen molar-refractivity contribution in [2.24, 2.45) is 0 Å². The van der Waals surface area contributed by atoms with Gasteiger partial charge >= 0.3 is 6.09 Å². The summed E-state index contributed by atoms with van der Waals surface area (Å²) in [4.78, 5) is 13.6. The fourth-order valence-electron chi connectivity index (χ4n) is 1.78. The first-order chi connectivity index (χ1) is 9.95. The average molecular weight is 322 g/mol. The average Bonchev–Trinajstić information content (AvgIpc) is 2.33. The second kappa shape index (κ2) is 6.46. The fraction of sp³-hybridized carbons (Fsp3) is 0.438. The van der Waals surface area contributed by atoms with Crippen LogP contribution in [0.15, 0.2) is 18.2 Å². The Morgan fingerprint density at radius 2 is 2.00 bits per heavy atom. The van der Waals surface area contributed by atoms with Gasteiger partial charge in [0.1, 0.15) is 12.7 Å². The van der Waals surface area contributed by atoms with Gasteiger partial charge in [-0.2, -0.15) is 0 Å². The summed E-state index contributed by atoms with van der Waals surface area (Å²) in [5.74, 6) is 2.42. The summed E-state index contributed by atoms with van der Waals surface area (Å²) in [7, 11) is -2.42. The molecule has 1 aromatic rings. The van der Waals surface area contributed by atoms with Crippen molar-refractivity contribution in [1.29, 1.82) is 0 Å². The Balaban J connectivity index is 3.20. The number of carbonyl (C=O) groups excluding carboxylic acids is 1. The van der Waals surface area contributed by atoms with Crippen LogP contribution in [0, 0.1) is 12.3 Å². The van der Waals surface area contributed by atoms with Crippen LogP contribution in [0.25, 0.3) is 0 Å². The number of rotatable bonds is 3. The number of terminal acetylenes is 1. The quantitative estimate of drug-likeness (QED) is 0.527. The molecule has 0 fully saturated rings. The van der Waals surface area contributed by atoms with E-state index >= 15 is 0 Å². The molecule has 0 aliphatic carbocycles. The van der Waals surface area contributed by atoms with E-state index in [-0.39, 0.29) is 6.54 Å². The van der Waals surface area contributed by atoms with Crippen LogP contribution in [0.4, 0.5) is 16.2 Å². The molecule has 0 aliphatic rings. The van der Waals surface area contributed by atoms with Gasteiger partial charge < -0.3 is 15.0 Å². The molecule has 0 saturated heterocycles. The summed E-state index contributed by atoms with van der Waals surface area (Å²) in [5, 5.41) is 0.651. The Morgan fingerprint density at radius 3 is 2.41 bits per heavy atom. The third kappa shape index (κ3) is 4.82. The van der Waals surface area contributed by atoms with Crippen molar-refractivity contribution < 1.29 is 14.1 Å². The minimum Gasteiger partial charge on any atom is -0.443 e. The van der Waals surface area contributed by atoms with Gasteiger partial charge in [-0.3, -0.25) is 4.90 Å². The molecule has 0 spiro atoms. The van der Waals surface area contributed by atoms with Crippen LogP contribution in [0.3, 0.4) is 0 Å². The van der Waals surface area contributed by atoms with E-state index in [0.717, 1.165) is 0 Å². The molecule has 120 valence electrons.